The largest absolute Gasteiger partial charge is 0.493 e. The molecule has 26 heavy (non-hydrogen) atoms. The van der Waals surface area contributed by atoms with Crippen molar-refractivity contribution in [1.82, 2.24) is 5.32 Å². The highest BCUT2D eigenvalue weighted by atomic mass is 16.5. The quantitative estimate of drug-likeness (QED) is 0.846. The zero-order valence-electron chi connectivity index (χ0n) is 15.7. The van der Waals surface area contributed by atoms with Gasteiger partial charge in [0, 0.05) is 0 Å². The number of amides is 1. The smallest absolute Gasteiger partial charge is 0.261 e. The molecule has 0 spiro atoms. The minimum absolute atomic E-state index is 0.0570. The van der Waals surface area contributed by atoms with Crippen LogP contribution >= 0.6 is 0 Å². The van der Waals surface area contributed by atoms with Crippen molar-refractivity contribution < 1.29 is 14.3 Å². The summed E-state index contributed by atoms with van der Waals surface area (Å²) >= 11 is 0. The molecule has 0 radical (unpaired) electrons. The summed E-state index contributed by atoms with van der Waals surface area (Å²) in [5, 5.41) is 3.06. The highest BCUT2D eigenvalue weighted by Gasteiger charge is 2.20. The number of nitrogens with one attached hydrogen (secondary N) is 1. The molecule has 0 heterocycles. The van der Waals surface area contributed by atoms with Gasteiger partial charge in [0.2, 0.25) is 0 Å². The lowest BCUT2D eigenvalue weighted by Gasteiger charge is -2.22. The minimum Gasteiger partial charge on any atom is -0.493 e. The van der Waals surface area contributed by atoms with Crippen molar-refractivity contribution in [1.29, 1.82) is 0 Å². The van der Waals surface area contributed by atoms with E-state index in [0.717, 1.165) is 12.0 Å². The van der Waals surface area contributed by atoms with Crippen molar-refractivity contribution in [3.63, 3.8) is 0 Å². The number of rotatable bonds is 6. The van der Waals surface area contributed by atoms with Gasteiger partial charge in [0.25, 0.3) is 5.91 Å². The number of hydrogen-bond donors (Lipinski definition) is 1. The van der Waals surface area contributed by atoms with Crippen LogP contribution in [0.25, 0.3) is 0 Å². The fourth-order valence-electron chi connectivity index (χ4n) is 3.40. The summed E-state index contributed by atoms with van der Waals surface area (Å²) in [7, 11) is 1.59. The molecule has 1 N–H and O–H groups in total. The molecule has 3 rings (SSSR count). The Labute approximate surface area is 155 Å². The Bertz CT molecular complexity index is 772. The van der Waals surface area contributed by atoms with E-state index in [9.17, 15) is 4.79 Å². The van der Waals surface area contributed by atoms with Crippen molar-refractivity contribution in [2.24, 2.45) is 0 Å². The maximum absolute atomic E-state index is 12.5. The maximum Gasteiger partial charge on any atom is 0.261 e. The van der Waals surface area contributed by atoms with E-state index in [1.807, 2.05) is 25.1 Å². The Kier molecular flexibility index (Phi) is 5.82. The Morgan fingerprint density at radius 2 is 1.69 bits per heavy atom. The van der Waals surface area contributed by atoms with Crippen LogP contribution in [0.4, 0.5) is 0 Å². The Morgan fingerprint density at radius 3 is 2.42 bits per heavy atom. The van der Waals surface area contributed by atoms with Crippen LogP contribution in [0, 0.1) is 0 Å². The summed E-state index contributed by atoms with van der Waals surface area (Å²) in [6.07, 6.45) is 4.22. The van der Waals surface area contributed by atoms with E-state index in [4.69, 9.17) is 9.47 Å². The molecule has 0 fully saturated rings. The van der Waals surface area contributed by atoms with Crippen LogP contribution in [-0.2, 0) is 17.6 Å². The summed E-state index contributed by atoms with van der Waals surface area (Å²) in [4.78, 5) is 12.5. The minimum atomic E-state index is -0.605. The summed E-state index contributed by atoms with van der Waals surface area (Å²) < 4.78 is 11.1. The van der Waals surface area contributed by atoms with E-state index < -0.39 is 6.10 Å². The van der Waals surface area contributed by atoms with E-state index in [0.29, 0.717) is 11.5 Å². The van der Waals surface area contributed by atoms with Crippen LogP contribution < -0.4 is 14.8 Å². The summed E-state index contributed by atoms with van der Waals surface area (Å²) in [6, 6.07) is 13.9. The number of methoxy groups -OCH3 is 1. The molecule has 0 unspecified atom stereocenters. The average molecular weight is 353 g/mol. The van der Waals surface area contributed by atoms with Gasteiger partial charge < -0.3 is 14.8 Å². The van der Waals surface area contributed by atoms with E-state index in [2.05, 4.69) is 23.5 Å². The normalized spacial score (nSPS) is 15.5. The molecule has 4 heteroatoms. The average Bonchev–Trinajstić information content (AvgIpc) is 2.67. The van der Waals surface area contributed by atoms with Crippen LogP contribution in [0.5, 0.6) is 11.5 Å². The van der Waals surface area contributed by atoms with Gasteiger partial charge >= 0.3 is 0 Å². The lowest BCUT2D eigenvalue weighted by molar-refractivity contribution is -0.127. The van der Waals surface area contributed by atoms with Crippen LogP contribution in [0.3, 0.4) is 0 Å². The molecular weight excluding hydrogens is 326 g/mol. The first kappa shape index (κ1) is 18.3. The van der Waals surface area contributed by atoms with Gasteiger partial charge in [-0.2, -0.15) is 0 Å². The predicted octanol–water partition coefficient (Wildman–Crippen LogP) is 4.22. The number of carbonyl (C=O) groups is 1. The molecule has 4 nitrogen and oxygen atoms in total. The summed E-state index contributed by atoms with van der Waals surface area (Å²) in [6.45, 7) is 3.76. The third-order valence-electron chi connectivity index (χ3n) is 4.97. The van der Waals surface area contributed by atoms with Gasteiger partial charge in [0.1, 0.15) is 0 Å². The highest BCUT2D eigenvalue weighted by Crippen LogP contribution is 2.27. The second-order valence-electron chi connectivity index (χ2n) is 6.88. The van der Waals surface area contributed by atoms with Crippen molar-refractivity contribution in [3.05, 3.63) is 59.2 Å². The fourth-order valence-corrected chi connectivity index (χ4v) is 3.40. The topological polar surface area (TPSA) is 47.6 Å². The molecule has 0 saturated carbocycles. The zero-order valence-corrected chi connectivity index (χ0v) is 15.7. The van der Waals surface area contributed by atoms with Gasteiger partial charge in [-0.1, -0.05) is 30.3 Å². The predicted molar refractivity (Wildman–Crippen MR) is 103 cm³/mol. The van der Waals surface area contributed by atoms with E-state index in [-0.39, 0.29) is 11.9 Å². The van der Waals surface area contributed by atoms with Crippen molar-refractivity contribution in [3.8, 4) is 11.5 Å². The Morgan fingerprint density at radius 1 is 1.00 bits per heavy atom. The van der Waals surface area contributed by atoms with Gasteiger partial charge in [-0.15, -0.1) is 0 Å². The van der Waals surface area contributed by atoms with Crippen molar-refractivity contribution >= 4 is 5.91 Å². The third kappa shape index (κ3) is 4.18. The molecule has 0 aliphatic heterocycles. The first-order chi connectivity index (χ1) is 12.6. The number of para-hydroxylation sites is 2. The van der Waals surface area contributed by atoms with Gasteiger partial charge in [0.05, 0.1) is 13.2 Å². The van der Waals surface area contributed by atoms with Crippen LogP contribution in [0.2, 0.25) is 0 Å². The highest BCUT2D eigenvalue weighted by molar-refractivity contribution is 5.81. The molecule has 1 aliphatic rings. The maximum atomic E-state index is 12.5. The summed E-state index contributed by atoms with van der Waals surface area (Å²) in [5.41, 5.74) is 4.02. The van der Waals surface area contributed by atoms with Gasteiger partial charge in [-0.25, -0.2) is 0 Å². The molecule has 2 aromatic rings. The molecule has 138 valence electrons. The molecule has 0 bridgehead atoms. The number of ether oxygens (including phenoxy) is 2. The first-order valence-electron chi connectivity index (χ1n) is 9.30. The number of hydrogen-bond acceptors (Lipinski definition) is 3. The number of fused-ring (bicyclic) bond motifs is 1. The standard InChI is InChI=1S/C22H27NO3/c1-15(18-13-12-17-8-4-5-9-19(17)14-18)23-22(24)16(2)26-21-11-7-6-10-20(21)25-3/h6-7,10-16H,4-5,8-9H2,1-3H3,(H,23,24)/t15-,16-/m0/s1. The second kappa shape index (κ2) is 8.26. The monoisotopic (exact) mass is 353 g/mol. The van der Waals surface area contributed by atoms with Gasteiger partial charge in [-0.3, -0.25) is 4.79 Å². The number of benzene rings is 2. The summed E-state index contributed by atoms with van der Waals surface area (Å²) in [5.74, 6) is 1.05. The molecule has 1 amide bonds. The molecule has 0 saturated heterocycles. The first-order valence-corrected chi connectivity index (χ1v) is 9.30. The second-order valence-corrected chi connectivity index (χ2v) is 6.88. The van der Waals surface area contributed by atoms with Crippen molar-refractivity contribution in [2.75, 3.05) is 7.11 Å². The lowest BCUT2D eigenvalue weighted by Crippen LogP contribution is -2.37. The van der Waals surface area contributed by atoms with Gasteiger partial charge in [-0.05, 0) is 68.4 Å². The zero-order chi connectivity index (χ0) is 18.5. The molecule has 2 atom stereocenters. The van der Waals surface area contributed by atoms with Crippen LogP contribution in [0.15, 0.2) is 42.5 Å². The van der Waals surface area contributed by atoms with Crippen LogP contribution in [0.1, 0.15) is 49.4 Å². The van der Waals surface area contributed by atoms with E-state index in [1.54, 1.807) is 20.1 Å². The fraction of sp³-hybridized carbons (Fsp3) is 0.409. The van der Waals surface area contributed by atoms with Crippen LogP contribution in [-0.4, -0.2) is 19.1 Å². The van der Waals surface area contributed by atoms with Gasteiger partial charge in [0.15, 0.2) is 17.6 Å². The molecule has 0 aromatic heterocycles. The van der Waals surface area contributed by atoms with Crippen molar-refractivity contribution in [2.45, 2.75) is 51.7 Å². The van der Waals surface area contributed by atoms with E-state index in [1.165, 1.54) is 30.4 Å². The van der Waals surface area contributed by atoms with E-state index >= 15 is 0 Å². The molecule has 2 aromatic carbocycles. The molecule has 1 aliphatic carbocycles. The third-order valence-corrected chi connectivity index (χ3v) is 4.97. The molecular formula is C22H27NO3. The Hall–Kier alpha value is -2.49. The SMILES string of the molecule is COc1ccccc1O[C@@H](C)C(=O)N[C@@H](C)c1ccc2c(c1)CCCC2. The Balaban J connectivity index is 1.63. The lowest BCUT2D eigenvalue weighted by atomic mass is 9.89. The number of carbonyl (C=O) groups excluding carboxylic acids is 1. The number of aryl methyl sites for hydroxylation is 2.